The van der Waals surface area contributed by atoms with Gasteiger partial charge in [-0.15, -0.1) is 12.8 Å². The molecule has 11 heteroatoms. The fraction of sp³-hybridized carbons (Fsp3) is 0.179. The van der Waals surface area contributed by atoms with Gasteiger partial charge in [0.1, 0.15) is 5.82 Å². The number of methoxy groups -OCH3 is 1. The van der Waals surface area contributed by atoms with Crippen LogP contribution in [0.15, 0.2) is 67.1 Å². The van der Waals surface area contributed by atoms with Gasteiger partial charge in [0.2, 0.25) is 5.95 Å². The molecule has 0 bridgehead atoms. The number of hydrogen-bond donors (Lipinski definition) is 2. The number of halogens is 1. The molecule has 2 aromatic carbocycles. The summed E-state index contributed by atoms with van der Waals surface area (Å²) in [5, 5.41) is 14.8. The van der Waals surface area contributed by atoms with E-state index < -0.39 is 5.82 Å². The Bertz CT molecular complexity index is 1560. The lowest BCUT2D eigenvalue weighted by atomic mass is 10.1. The molecule has 39 heavy (non-hydrogen) atoms. The Balaban J connectivity index is 0.000000457. The summed E-state index contributed by atoms with van der Waals surface area (Å²) in [5.41, 5.74) is 2.58. The summed E-state index contributed by atoms with van der Waals surface area (Å²) >= 11 is 0. The monoisotopic (exact) mass is 528 g/mol. The molecular weight excluding hydrogens is 499 g/mol. The lowest BCUT2D eigenvalue weighted by Gasteiger charge is -2.09. The van der Waals surface area contributed by atoms with E-state index >= 15 is 0 Å². The smallest absolute Gasteiger partial charge is 0.251 e. The van der Waals surface area contributed by atoms with Gasteiger partial charge in [0.05, 0.1) is 18.3 Å². The lowest BCUT2D eigenvalue weighted by molar-refractivity contribution is 0.0951. The zero-order chi connectivity index (χ0) is 28.4. The average molecular weight is 529 g/mol. The van der Waals surface area contributed by atoms with E-state index in [9.17, 15) is 9.18 Å². The Kier molecular flexibility index (Phi) is 9.70. The van der Waals surface area contributed by atoms with Crippen LogP contribution in [0.25, 0.3) is 10.9 Å². The first kappa shape index (κ1) is 28.3. The van der Waals surface area contributed by atoms with Gasteiger partial charge < -0.3 is 15.4 Å². The second kappa shape index (κ2) is 13.3. The maximum atomic E-state index is 13.8. The number of aromatic nitrogens is 6. The molecule has 3 heterocycles. The van der Waals surface area contributed by atoms with Crippen molar-refractivity contribution in [3.63, 3.8) is 0 Å². The molecule has 200 valence electrons. The van der Waals surface area contributed by atoms with E-state index in [1.54, 1.807) is 46.0 Å². The van der Waals surface area contributed by atoms with Gasteiger partial charge in [-0.25, -0.2) is 14.4 Å². The van der Waals surface area contributed by atoms with Gasteiger partial charge in [0, 0.05) is 56.2 Å². The van der Waals surface area contributed by atoms with Gasteiger partial charge in [-0.3, -0.25) is 14.2 Å². The summed E-state index contributed by atoms with van der Waals surface area (Å²) in [6, 6.07) is 13.5. The fourth-order valence-corrected chi connectivity index (χ4v) is 3.52. The van der Waals surface area contributed by atoms with Gasteiger partial charge in [-0.05, 0) is 42.8 Å². The minimum Gasteiger partial charge on any atom is -0.494 e. The Morgan fingerprint density at radius 3 is 2.51 bits per heavy atom. The largest absolute Gasteiger partial charge is 0.494 e. The molecule has 2 N–H and O–H groups in total. The topological polar surface area (TPSA) is 112 Å². The summed E-state index contributed by atoms with van der Waals surface area (Å²) in [7, 11) is 5.12. The molecule has 0 radical (unpaired) electrons. The van der Waals surface area contributed by atoms with Crippen LogP contribution in [0, 0.1) is 25.6 Å². The van der Waals surface area contributed by atoms with Gasteiger partial charge in [-0.1, -0.05) is 12.1 Å². The molecular formula is C28H29FN8O2. The molecule has 0 aliphatic rings. The Labute approximate surface area is 225 Å². The van der Waals surface area contributed by atoms with Gasteiger partial charge in [-0.2, -0.15) is 10.2 Å². The minimum atomic E-state index is -0.472. The van der Waals surface area contributed by atoms with Crippen LogP contribution in [-0.4, -0.2) is 42.5 Å². The normalized spacial score (nSPS) is 10.0. The number of terminal acetylenes is 1. The predicted molar refractivity (Wildman–Crippen MR) is 148 cm³/mol. The number of nitrogens with zero attached hydrogens (tertiary/aromatic N) is 6. The third-order valence-electron chi connectivity index (χ3n) is 5.39. The molecule has 0 aliphatic carbocycles. The van der Waals surface area contributed by atoms with E-state index in [0.29, 0.717) is 22.6 Å². The number of rotatable bonds is 6. The number of carbonyl (C=O) groups excluding carboxylic acids is 1. The lowest BCUT2D eigenvalue weighted by Crippen LogP contribution is -2.22. The molecule has 0 atom stereocenters. The van der Waals surface area contributed by atoms with Crippen LogP contribution in [0.5, 0.6) is 5.75 Å². The maximum absolute atomic E-state index is 13.8. The summed E-state index contributed by atoms with van der Waals surface area (Å²) < 4.78 is 22.2. The first-order valence-corrected chi connectivity index (χ1v) is 11.7. The zero-order valence-corrected chi connectivity index (χ0v) is 22.1. The van der Waals surface area contributed by atoms with Gasteiger partial charge in [0.25, 0.3) is 5.91 Å². The van der Waals surface area contributed by atoms with Crippen molar-refractivity contribution in [1.29, 1.82) is 0 Å². The standard InChI is InChI=1S/C22H21FN6O2.C4H6N2.C2H2/c1-13-8-20(29(2)28-13)27-22-25-12-16-6-5-15(10-18(16)26-22)21(30)24-11-14-4-7-19(31-3)17(23)9-14;1-6-4-2-3-5-6;1-2/h4-10,12H,11H2,1-3H3,(H,24,30)(H,25,26,27);2-4H,1H3;1-2H. The molecule has 5 rings (SSSR count). The number of hydrogen-bond acceptors (Lipinski definition) is 7. The quantitative estimate of drug-likeness (QED) is 0.318. The predicted octanol–water partition coefficient (Wildman–Crippen LogP) is 4.16. The number of carbonyl (C=O) groups is 1. The number of amides is 1. The minimum absolute atomic E-state index is 0.162. The molecule has 10 nitrogen and oxygen atoms in total. The molecule has 1 amide bonds. The van der Waals surface area contributed by atoms with Crippen LogP contribution in [0.1, 0.15) is 21.6 Å². The summed E-state index contributed by atoms with van der Waals surface area (Å²) in [6.07, 6.45) is 13.3. The second-order valence-corrected chi connectivity index (χ2v) is 8.22. The van der Waals surface area contributed by atoms with Crippen LogP contribution in [-0.2, 0) is 20.6 Å². The van der Waals surface area contributed by atoms with Crippen molar-refractivity contribution in [2.45, 2.75) is 13.5 Å². The summed E-state index contributed by atoms with van der Waals surface area (Å²) in [5.74, 6) is 0.572. The van der Waals surface area contributed by atoms with Crippen LogP contribution < -0.4 is 15.4 Å². The third-order valence-corrected chi connectivity index (χ3v) is 5.39. The van der Waals surface area contributed by atoms with Crippen molar-refractivity contribution < 1.29 is 13.9 Å². The molecule has 0 aliphatic heterocycles. The number of nitrogens with one attached hydrogen (secondary N) is 2. The van der Waals surface area contributed by atoms with Crippen molar-refractivity contribution in [3.05, 3.63) is 89.8 Å². The van der Waals surface area contributed by atoms with E-state index in [4.69, 9.17) is 4.74 Å². The Hall–Kier alpha value is -5.24. The van der Waals surface area contributed by atoms with Crippen LogP contribution in [0.3, 0.4) is 0 Å². The maximum Gasteiger partial charge on any atom is 0.251 e. The molecule has 0 saturated heterocycles. The molecule has 0 spiro atoms. The fourth-order valence-electron chi connectivity index (χ4n) is 3.52. The number of aryl methyl sites for hydroxylation is 3. The number of fused-ring (bicyclic) bond motifs is 1. The van der Waals surface area contributed by atoms with Crippen LogP contribution in [0.4, 0.5) is 16.2 Å². The molecule has 3 aromatic heterocycles. The number of benzene rings is 2. The molecule has 0 saturated carbocycles. The Morgan fingerprint density at radius 1 is 1.13 bits per heavy atom. The van der Waals surface area contributed by atoms with Crippen molar-refractivity contribution in [2.75, 3.05) is 12.4 Å². The highest BCUT2D eigenvalue weighted by Gasteiger charge is 2.10. The zero-order valence-electron chi connectivity index (χ0n) is 22.1. The van der Waals surface area contributed by atoms with Crippen LogP contribution in [0.2, 0.25) is 0 Å². The average Bonchev–Trinajstić information content (AvgIpc) is 3.55. The van der Waals surface area contributed by atoms with E-state index in [-0.39, 0.29) is 18.2 Å². The third kappa shape index (κ3) is 7.62. The number of anilines is 2. The van der Waals surface area contributed by atoms with E-state index in [0.717, 1.165) is 16.9 Å². The van der Waals surface area contributed by atoms with Gasteiger partial charge >= 0.3 is 0 Å². The summed E-state index contributed by atoms with van der Waals surface area (Å²) in [6.45, 7) is 2.09. The molecule has 0 fully saturated rings. The van der Waals surface area contributed by atoms with E-state index in [1.165, 1.54) is 19.2 Å². The highest BCUT2D eigenvalue weighted by molar-refractivity contribution is 5.97. The van der Waals surface area contributed by atoms with Gasteiger partial charge in [0.15, 0.2) is 11.6 Å². The van der Waals surface area contributed by atoms with Crippen LogP contribution >= 0.6 is 0 Å². The van der Waals surface area contributed by atoms with E-state index in [2.05, 4.69) is 43.6 Å². The van der Waals surface area contributed by atoms with E-state index in [1.807, 2.05) is 39.3 Å². The number of ether oxygens (including phenoxy) is 1. The van der Waals surface area contributed by atoms with Crippen molar-refractivity contribution in [3.8, 4) is 18.6 Å². The second-order valence-electron chi connectivity index (χ2n) is 8.22. The van der Waals surface area contributed by atoms with Crippen molar-refractivity contribution in [1.82, 2.24) is 34.8 Å². The highest BCUT2D eigenvalue weighted by Crippen LogP contribution is 2.19. The van der Waals surface area contributed by atoms with Crippen molar-refractivity contribution >= 4 is 28.6 Å². The first-order chi connectivity index (χ1) is 18.8. The molecule has 5 aromatic rings. The Morgan fingerprint density at radius 2 is 1.92 bits per heavy atom. The van der Waals surface area contributed by atoms with Crippen molar-refractivity contribution in [2.24, 2.45) is 14.1 Å². The SMILES string of the molecule is C#C.COc1ccc(CNC(=O)c2ccc3cnc(Nc4cc(C)nn4C)nc3c2)cc1F.Cn1cccn1. The molecule has 0 unspecified atom stereocenters. The highest BCUT2D eigenvalue weighted by atomic mass is 19.1. The summed E-state index contributed by atoms with van der Waals surface area (Å²) in [4.78, 5) is 21.4. The first-order valence-electron chi connectivity index (χ1n) is 11.7.